The van der Waals surface area contributed by atoms with E-state index < -0.39 is 29.7 Å². The Morgan fingerprint density at radius 3 is 1.53 bits per heavy atom. The number of ether oxygens (including phenoxy) is 4. The molecule has 3 aromatic rings. The van der Waals surface area contributed by atoms with Crippen molar-refractivity contribution in [3.63, 3.8) is 0 Å². The molecule has 0 fully saturated rings. The zero-order valence-corrected chi connectivity index (χ0v) is 19.7. The van der Waals surface area contributed by atoms with Gasteiger partial charge >= 0.3 is 11.9 Å². The molecule has 0 spiro atoms. The molecular weight excluding hydrogens is 432 g/mol. The van der Waals surface area contributed by atoms with Gasteiger partial charge in [-0.25, -0.2) is 9.59 Å². The fourth-order valence-corrected chi connectivity index (χ4v) is 3.75. The number of rotatable bonds is 11. The van der Waals surface area contributed by atoms with Crippen molar-refractivity contribution < 1.29 is 28.5 Å². The summed E-state index contributed by atoms with van der Waals surface area (Å²) in [5, 5.41) is 0. The van der Waals surface area contributed by atoms with E-state index in [1.807, 2.05) is 91.0 Å². The first kappa shape index (κ1) is 25.1. The maximum absolute atomic E-state index is 12.9. The molecule has 2 atom stereocenters. The highest BCUT2D eigenvalue weighted by atomic mass is 16.6. The molecule has 6 heteroatoms. The first-order valence-corrected chi connectivity index (χ1v) is 11.2. The second kappa shape index (κ2) is 12.1. The maximum atomic E-state index is 12.9. The molecule has 0 aliphatic carbocycles. The Kier molecular flexibility index (Phi) is 8.96. The van der Waals surface area contributed by atoms with E-state index >= 15 is 0 Å². The van der Waals surface area contributed by atoms with Crippen LogP contribution in [-0.4, -0.2) is 44.5 Å². The van der Waals surface area contributed by atoms with Crippen LogP contribution in [0.4, 0.5) is 0 Å². The van der Waals surface area contributed by atoms with Crippen molar-refractivity contribution in [2.24, 2.45) is 0 Å². The summed E-state index contributed by atoms with van der Waals surface area (Å²) in [6, 6.07) is 29.4. The van der Waals surface area contributed by atoms with E-state index in [0.717, 1.165) is 16.7 Å². The average molecular weight is 463 g/mol. The van der Waals surface area contributed by atoms with Crippen LogP contribution in [0.15, 0.2) is 91.0 Å². The van der Waals surface area contributed by atoms with E-state index in [4.69, 9.17) is 14.2 Å². The van der Waals surface area contributed by atoms with Gasteiger partial charge in [0.1, 0.15) is 12.2 Å². The van der Waals surface area contributed by atoms with Gasteiger partial charge < -0.3 is 18.9 Å². The summed E-state index contributed by atoms with van der Waals surface area (Å²) < 4.78 is 21.9. The molecule has 0 aliphatic rings. The van der Waals surface area contributed by atoms with Crippen molar-refractivity contribution in [2.45, 2.75) is 31.7 Å². The third-order valence-corrected chi connectivity index (χ3v) is 5.46. The number of carbonyl (C=O) groups is 2. The molecule has 0 aliphatic heterocycles. The summed E-state index contributed by atoms with van der Waals surface area (Å²) in [4.78, 5) is 24.3. The van der Waals surface area contributed by atoms with Crippen LogP contribution in [0.1, 0.15) is 30.5 Å². The Hall–Kier alpha value is -3.48. The van der Waals surface area contributed by atoms with Crippen molar-refractivity contribution in [1.82, 2.24) is 0 Å². The summed E-state index contributed by atoms with van der Waals surface area (Å²) in [5.41, 5.74) is 1.64. The molecule has 3 rings (SSSR count). The van der Waals surface area contributed by atoms with Crippen molar-refractivity contribution in [2.75, 3.05) is 20.3 Å². The third-order valence-electron chi connectivity index (χ3n) is 5.46. The largest absolute Gasteiger partial charge is 0.467 e. The van der Waals surface area contributed by atoms with Crippen LogP contribution in [0.5, 0.6) is 0 Å². The van der Waals surface area contributed by atoms with Gasteiger partial charge in [-0.15, -0.1) is 0 Å². The maximum Gasteiger partial charge on any atom is 0.335 e. The predicted molar refractivity (Wildman–Crippen MR) is 128 cm³/mol. The van der Waals surface area contributed by atoms with Crippen molar-refractivity contribution in [3.8, 4) is 0 Å². The van der Waals surface area contributed by atoms with Gasteiger partial charge in [-0.05, 0) is 30.5 Å². The van der Waals surface area contributed by atoms with Crippen LogP contribution in [0.2, 0.25) is 0 Å². The third kappa shape index (κ3) is 5.90. The van der Waals surface area contributed by atoms with Crippen LogP contribution in [0.3, 0.4) is 0 Å². The monoisotopic (exact) mass is 462 g/mol. The minimum absolute atomic E-state index is 0.0110. The normalized spacial score (nSPS) is 13.0. The molecule has 0 saturated carbocycles. The number of methoxy groups -OCH3 is 1. The van der Waals surface area contributed by atoms with Gasteiger partial charge in [0.25, 0.3) is 0 Å². The molecule has 0 saturated heterocycles. The lowest BCUT2D eigenvalue weighted by atomic mass is 9.80. The van der Waals surface area contributed by atoms with Crippen LogP contribution >= 0.6 is 0 Å². The summed E-state index contributed by atoms with van der Waals surface area (Å²) in [5.74, 6) is -1.01. The van der Waals surface area contributed by atoms with Gasteiger partial charge in [-0.1, -0.05) is 91.0 Å². The summed E-state index contributed by atoms with van der Waals surface area (Å²) >= 11 is 0. The van der Waals surface area contributed by atoms with Crippen LogP contribution in [0, 0.1) is 0 Å². The van der Waals surface area contributed by atoms with E-state index in [0.29, 0.717) is 0 Å². The van der Waals surface area contributed by atoms with Gasteiger partial charge in [-0.3, -0.25) is 0 Å². The molecule has 0 radical (unpaired) electrons. The van der Waals surface area contributed by atoms with E-state index in [2.05, 4.69) is 4.74 Å². The van der Waals surface area contributed by atoms with E-state index in [1.165, 1.54) is 7.11 Å². The zero-order chi connectivity index (χ0) is 24.4. The number of hydrogen-bond donors (Lipinski definition) is 0. The Bertz CT molecular complexity index is 940. The van der Waals surface area contributed by atoms with Crippen molar-refractivity contribution in [1.29, 1.82) is 0 Å². The smallest absolute Gasteiger partial charge is 0.335 e. The molecule has 0 N–H and O–H groups in total. The average Bonchev–Trinajstić information content (AvgIpc) is 2.90. The highest BCUT2D eigenvalue weighted by Crippen LogP contribution is 2.41. The predicted octanol–water partition coefficient (Wildman–Crippen LogP) is 4.50. The molecule has 0 unspecified atom stereocenters. The summed E-state index contributed by atoms with van der Waals surface area (Å²) in [6.45, 7) is 3.30. The highest BCUT2D eigenvalue weighted by molar-refractivity contribution is 5.75. The zero-order valence-electron chi connectivity index (χ0n) is 19.7. The lowest BCUT2D eigenvalue weighted by molar-refractivity contribution is -0.166. The number of hydrogen-bond acceptors (Lipinski definition) is 6. The molecule has 6 nitrogen and oxygen atoms in total. The Morgan fingerprint density at radius 2 is 1.12 bits per heavy atom. The highest BCUT2D eigenvalue weighted by Gasteiger charge is 2.40. The van der Waals surface area contributed by atoms with Gasteiger partial charge in [0.2, 0.25) is 0 Å². The van der Waals surface area contributed by atoms with Gasteiger partial charge in [0.05, 0.1) is 13.7 Å². The van der Waals surface area contributed by atoms with E-state index in [-0.39, 0.29) is 13.2 Å². The molecule has 0 amide bonds. The summed E-state index contributed by atoms with van der Waals surface area (Å²) in [6.07, 6.45) is -1.63. The fourth-order valence-electron chi connectivity index (χ4n) is 3.75. The minimum atomic E-state index is -1.03. The topological polar surface area (TPSA) is 71.1 Å². The van der Waals surface area contributed by atoms with Gasteiger partial charge in [0, 0.05) is 0 Å². The molecule has 3 aromatic carbocycles. The van der Waals surface area contributed by atoms with Crippen molar-refractivity contribution in [3.05, 3.63) is 108 Å². The fraction of sp³-hybridized carbons (Fsp3) is 0.286. The van der Waals surface area contributed by atoms with Gasteiger partial charge in [-0.2, -0.15) is 0 Å². The SMILES string of the molecule is COC(=O)[C@@H](C)OCCOC(=O)[C@@H](C)OC(c1ccccc1)(c1ccccc1)c1ccccc1. The lowest BCUT2D eigenvalue weighted by Gasteiger charge is -2.37. The number of carbonyl (C=O) groups excluding carboxylic acids is 2. The quantitative estimate of drug-likeness (QED) is 0.237. The molecule has 0 bridgehead atoms. The minimum Gasteiger partial charge on any atom is -0.467 e. The second-order valence-electron chi connectivity index (χ2n) is 7.74. The van der Waals surface area contributed by atoms with E-state index in [1.54, 1.807) is 13.8 Å². The molecule has 178 valence electrons. The van der Waals surface area contributed by atoms with Crippen LogP contribution in [0.25, 0.3) is 0 Å². The number of benzene rings is 3. The molecule has 0 heterocycles. The first-order chi connectivity index (χ1) is 16.5. The Balaban J connectivity index is 1.85. The number of esters is 2. The van der Waals surface area contributed by atoms with E-state index in [9.17, 15) is 9.59 Å². The lowest BCUT2D eigenvalue weighted by Crippen LogP contribution is -2.39. The van der Waals surface area contributed by atoms with Crippen LogP contribution < -0.4 is 0 Å². The van der Waals surface area contributed by atoms with Crippen molar-refractivity contribution >= 4 is 11.9 Å². The molecular formula is C28H30O6. The van der Waals surface area contributed by atoms with Gasteiger partial charge in [0.15, 0.2) is 12.2 Å². The molecule has 34 heavy (non-hydrogen) atoms. The first-order valence-electron chi connectivity index (χ1n) is 11.2. The second-order valence-corrected chi connectivity index (χ2v) is 7.74. The molecule has 0 aromatic heterocycles. The Labute approximate surface area is 200 Å². The Morgan fingerprint density at radius 1 is 0.676 bits per heavy atom. The summed E-state index contributed by atoms with van der Waals surface area (Å²) in [7, 11) is 1.29. The van der Waals surface area contributed by atoms with Crippen LogP contribution in [-0.2, 0) is 34.1 Å². The standard InChI is InChI=1S/C28H30O6/c1-21(26(29)31-3)32-19-20-33-27(30)22(2)34-28(23-13-7-4-8-14-23,24-15-9-5-10-16-24)25-17-11-6-12-18-25/h4-18,21-22H,19-20H2,1-3H3/t21-,22-/m1/s1.